The van der Waals surface area contributed by atoms with E-state index in [0.717, 1.165) is 12.0 Å². The van der Waals surface area contributed by atoms with Crippen LogP contribution in [0, 0.1) is 0 Å². The lowest BCUT2D eigenvalue weighted by molar-refractivity contribution is -0.131. The fourth-order valence-electron chi connectivity index (χ4n) is 4.03. The SMILES string of the molecule is C[C@]1(Cc2ccc3c(c2)OCO3)NC(=O)N(Cc2cc(Cl)c3c(c2)OCCCO3)C1=O. The van der Waals surface area contributed by atoms with Crippen LogP contribution in [-0.2, 0) is 17.8 Å². The third kappa shape index (κ3) is 3.61. The average Bonchev–Trinajstić information content (AvgIpc) is 3.16. The highest BCUT2D eigenvalue weighted by Gasteiger charge is 2.47. The van der Waals surface area contributed by atoms with Crippen LogP contribution in [0.25, 0.3) is 0 Å². The highest BCUT2D eigenvalue weighted by atomic mass is 35.5. The van der Waals surface area contributed by atoms with Crippen LogP contribution in [0.5, 0.6) is 23.0 Å². The lowest BCUT2D eigenvalue weighted by atomic mass is 9.92. The number of hydrogen-bond donors (Lipinski definition) is 1. The molecule has 2 aromatic carbocycles. The number of hydrogen-bond acceptors (Lipinski definition) is 6. The van der Waals surface area contributed by atoms with Gasteiger partial charge in [-0.25, -0.2) is 4.79 Å². The third-order valence-electron chi connectivity index (χ3n) is 5.54. The van der Waals surface area contributed by atoms with Crippen molar-refractivity contribution in [3.8, 4) is 23.0 Å². The summed E-state index contributed by atoms with van der Waals surface area (Å²) in [5.74, 6) is 2.02. The van der Waals surface area contributed by atoms with E-state index in [1.807, 2.05) is 12.1 Å². The maximum Gasteiger partial charge on any atom is 0.325 e. The zero-order valence-electron chi connectivity index (χ0n) is 16.9. The van der Waals surface area contributed by atoms with Gasteiger partial charge in [0.25, 0.3) is 5.91 Å². The van der Waals surface area contributed by atoms with Gasteiger partial charge in [-0.2, -0.15) is 0 Å². The lowest BCUT2D eigenvalue weighted by Gasteiger charge is -2.22. The van der Waals surface area contributed by atoms with Crippen LogP contribution < -0.4 is 24.3 Å². The number of ether oxygens (including phenoxy) is 4. The van der Waals surface area contributed by atoms with Crippen LogP contribution in [0.3, 0.4) is 0 Å². The van der Waals surface area contributed by atoms with E-state index in [1.165, 1.54) is 4.90 Å². The first-order valence-electron chi connectivity index (χ1n) is 10.0. The van der Waals surface area contributed by atoms with Crippen LogP contribution in [0.15, 0.2) is 30.3 Å². The Morgan fingerprint density at radius 3 is 2.65 bits per heavy atom. The van der Waals surface area contributed by atoms with Crippen molar-refractivity contribution in [2.24, 2.45) is 0 Å². The highest BCUT2D eigenvalue weighted by Crippen LogP contribution is 2.39. The molecule has 31 heavy (non-hydrogen) atoms. The number of nitrogens with one attached hydrogen (secondary N) is 1. The van der Waals surface area contributed by atoms with Gasteiger partial charge >= 0.3 is 6.03 Å². The van der Waals surface area contributed by atoms with Gasteiger partial charge in [0.2, 0.25) is 6.79 Å². The van der Waals surface area contributed by atoms with Crippen LogP contribution in [0.1, 0.15) is 24.5 Å². The minimum Gasteiger partial charge on any atom is -0.489 e. The third-order valence-corrected chi connectivity index (χ3v) is 5.82. The predicted octanol–water partition coefficient (Wildman–Crippen LogP) is 3.28. The average molecular weight is 445 g/mol. The Morgan fingerprint density at radius 2 is 1.77 bits per heavy atom. The summed E-state index contributed by atoms with van der Waals surface area (Å²) in [5, 5.41) is 3.22. The quantitative estimate of drug-likeness (QED) is 0.728. The monoisotopic (exact) mass is 444 g/mol. The topological polar surface area (TPSA) is 86.3 Å². The molecule has 8 nitrogen and oxygen atoms in total. The van der Waals surface area contributed by atoms with E-state index in [0.29, 0.717) is 53.2 Å². The van der Waals surface area contributed by atoms with Gasteiger partial charge in [-0.15, -0.1) is 0 Å². The Kier molecular flexibility index (Phi) is 4.81. The van der Waals surface area contributed by atoms with Crippen molar-refractivity contribution in [2.75, 3.05) is 20.0 Å². The second kappa shape index (κ2) is 7.53. The largest absolute Gasteiger partial charge is 0.489 e. The van der Waals surface area contributed by atoms with Crippen molar-refractivity contribution in [1.29, 1.82) is 0 Å². The Morgan fingerprint density at radius 1 is 1.00 bits per heavy atom. The fourth-order valence-corrected chi connectivity index (χ4v) is 4.32. The molecule has 1 fully saturated rings. The molecule has 9 heteroatoms. The first-order valence-corrected chi connectivity index (χ1v) is 10.4. The maximum atomic E-state index is 13.2. The normalized spacial score (nSPS) is 21.8. The summed E-state index contributed by atoms with van der Waals surface area (Å²) in [7, 11) is 0. The van der Waals surface area contributed by atoms with Crippen molar-refractivity contribution in [3.05, 3.63) is 46.5 Å². The van der Waals surface area contributed by atoms with Crippen LogP contribution in [0.4, 0.5) is 4.79 Å². The predicted molar refractivity (Wildman–Crippen MR) is 111 cm³/mol. The number of fused-ring (bicyclic) bond motifs is 2. The minimum atomic E-state index is -1.07. The number of urea groups is 1. The van der Waals surface area contributed by atoms with E-state index < -0.39 is 11.6 Å². The summed E-state index contributed by atoms with van der Waals surface area (Å²) in [6.45, 7) is 3.02. The molecule has 0 aromatic heterocycles. The number of nitrogens with zero attached hydrogens (tertiary/aromatic N) is 1. The zero-order chi connectivity index (χ0) is 21.6. The molecule has 3 heterocycles. The van der Waals surface area contributed by atoms with Crippen molar-refractivity contribution in [3.63, 3.8) is 0 Å². The zero-order valence-corrected chi connectivity index (χ0v) is 17.7. The molecule has 0 unspecified atom stereocenters. The second-order valence-electron chi connectivity index (χ2n) is 7.97. The molecular formula is C22H21ClN2O6. The van der Waals surface area contributed by atoms with Gasteiger partial charge in [0.15, 0.2) is 23.0 Å². The number of carbonyl (C=O) groups excluding carboxylic acids is 2. The van der Waals surface area contributed by atoms with Gasteiger partial charge in [0.1, 0.15) is 5.54 Å². The summed E-state index contributed by atoms with van der Waals surface area (Å²) in [4.78, 5) is 27.1. The van der Waals surface area contributed by atoms with Gasteiger partial charge in [-0.05, 0) is 42.3 Å². The van der Waals surface area contributed by atoms with Crippen molar-refractivity contribution >= 4 is 23.5 Å². The Balaban J connectivity index is 1.35. The molecule has 0 aliphatic carbocycles. The number of amides is 3. The summed E-state index contributed by atoms with van der Waals surface area (Å²) in [6, 6.07) is 8.52. The number of halogens is 1. The summed E-state index contributed by atoms with van der Waals surface area (Å²) < 4.78 is 22.1. The molecule has 0 spiro atoms. The molecule has 0 saturated carbocycles. The van der Waals surface area contributed by atoms with Crippen molar-refractivity contribution < 1.29 is 28.5 Å². The molecule has 3 aliphatic rings. The molecular weight excluding hydrogens is 424 g/mol. The number of carbonyl (C=O) groups is 2. The maximum absolute atomic E-state index is 13.2. The fraction of sp³-hybridized carbons (Fsp3) is 0.364. The molecule has 5 rings (SSSR count). The lowest BCUT2D eigenvalue weighted by Crippen LogP contribution is -2.45. The molecule has 1 atom stereocenters. The van der Waals surface area contributed by atoms with E-state index in [2.05, 4.69) is 5.32 Å². The Bertz CT molecular complexity index is 1070. The summed E-state index contributed by atoms with van der Waals surface area (Å²) in [6.07, 6.45) is 1.08. The second-order valence-corrected chi connectivity index (χ2v) is 8.38. The number of imide groups is 1. The molecule has 3 amide bonds. The minimum absolute atomic E-state index is 0.0811. The van der Waals surface area contributed by atoms with Gasteiger partial charge < -0.3 is 24.3 Å². The number of benzene rings is 2. The van der Waals surface area contributed by atoms with Gasteiger partial charge in [-0.3, -0.25) is 9.69 Å². The summed E-state index contributed by atoms with van der Waals surface area (Å²) >= 11 is 6.36. The van der Waals surface area contributed by atoms with E-state index in [-0.39, 0.29) is 19.2 Å². The van der Waals surface area contributed by atoms with E-state index in [1.54, 1.807) is 25.1 Å². The van der Waals surface area contributed by atoms with E-state index in [4.69, 9.17) is 30.5 Å². The van der Waals surface area contributed by atoms with Crippen LogP contribution in [-0.4, -0.2) is 42.4 Å². The van der Waals surface area contributed by atoms with Crippen molar-refractivity contribution in [2.45, 2.75) is 31.8 Å². The molecule has 0 radical (unpaired) electrons. The number of rotatable bonds is 4. The van der Waals surface area contributed by atoms with Crippen molar-refractivity contribution in [1.82, 2.24) is 10.2 Å². The van der Waals surface area contributed by atoms with Gasteiger partial charge in [-0.1, -0.05) is 17.7 Å². The molecule has 1 saturated heterocycles. The molecule has 1 N–H and O–H groups in total. The Labute approximate surface area is 184 Å². The van der Waals surface area contributed by atoms with E-state index >= 15 is 0 Å². The smallest absolute Gasteiger partial charge is 0.325 e. The molecule has 3 aliphatic heterocycles. The summed E-state index contributed by atoms with van der Waals surface area (Å²) in [5.41, 5.74) is 0.478. The van der Waals surface area contributed by atoms with Gasteiger partial charge in [0, 0.05) is 12.8 Å². The van der Waals surface area contributed by atoms with Crippen LogP contribution in [0.2, 0.25) is 5.02 Å². The van der Waals surface area contributed by atoms with Crippen LogP contribution >= 0.6 is 11.6 Å². The molecule has 162 valence electrons. The van der Waals surface area contributed by atoms with E-state index in [9.17, 15) is 9.59 Å². The highest BCUT2D eigenvalue weighted by molar-refractivity contribution is 6.32. The molecule has 2 aromatic rings. The first kappa shape index (κ1) is 19.8. The molecule has 0 bridgehead atoms. The van der Waals surface area contributed by atoms with Gasteiger partial charge in [0.05, 0.1) is 24.8 Å². The standard InChI is InChI=1S/C22H21ClN2O6/c1-22(10-13-3-4-16-17(8-13)31-12-30-16)20(26)25(21(27)24-22)11-14-7-15(23)19-18(9-14)28-5-2-6-29-19/h3-4,7-9H,2,5-6,10-12H2,1H3,(H,24,27)/t22-/m1/s1. The Hall–Kier alpha value is -3.13. The first-order chi connectivity index (χ1) is 14.9.